The molecule has 6 nitrogen and oxygen atoms in total. The van der Waals surface area contributed by atoms with Crippen molar-refractivity contribution in [2.24, 2.45) is 0 Å². The minimum absolute atomic E-state index is 0.0310. The minimum Gasteiger partial charge on any atom is -0.268 e. The van der Waals surface area contributed by atoms with Gasteiger partial charge in [0.2, 0.25) is 0 Å². The highest BCUT2D eigenvalue weighted by Crippen LogP contribution is 2.33. The minimum atomic E-state index is -0.492. The van der Waals surface area contributed by atoms with Crippen molar-refractivity contribution in [3.8, 4) is 0 Å². The number of thioether (sulfide) groups is 1. The molecule has 1 saturated heterocycles. The topological polar surface area (TPSA) is 80.5 Å². The maximum Gasteiger partial charge on any atom is 0.293 e. The second-order valence-electron chi connectivity index (χ2n) is 5.24. The Hall–Kier alpha value is -2.20. The largest absolute Gasteiger partial charge is 0.293 e. The maximum atomic E-state index is 12.5. The fourth-order valence-electron chi connectivity index (χ4n) is 2.25. The summed E-state index contributed by atoms with van der Waals surface area (Å²) in [7, 11) is 0. The van der Waals surface area contributed by atoms with Gasteiger partial charge in [0.1, 0.15) is 0 Å². The standard InChI is InChI=1S/C17H11IN2O4S/c18-13-5-1-11(2-6-13)9-15-16(21)19(17(22)25-15)10-12-3-7-14(8-4-12)20(23)24/h1-9H,10H2/b15-9+. The van der Waals surface area contributed by atoms with Crippen LogP contribution in [0.4, 0.5) is 10.5 Å². The van der Waals surface area contributed by atoms with E-state index in [1.165, 1.54) is 12.1 Å². The average molecular weight is 466 g/mol. The normalized spacial score (nSPS) is 15.9. The third-order valence-electron chi connectivity index (χ3n) is 3.53. The number of non-ortho nitro benzene ring substituents is 1. The molecular weight excluding hydrogens is 455 g/mol. The molecule has 1 fully saturated rings. The first-order valence-electron chi connectivity index (χ1n) is 7.18. The van der Waals surface area contributed by atoms with Crippen LogP contribution < -0.4 is 0 Å². The van der Waals surface area contributed by atoms with E-state index in [-0.39, 0.29) is 23.4 Å². The molecule has 0 saturated carbocycles. The Morgan fingerprint density at radius 1 is 1.08 bits per heavy atom. The second kappa shape index (κ2) is 7.36. The summed E-state index contributed by atoms with van der Waals surface area (Å²) in [5.74, 6) is -0.355. The van der Waals surface area contributed by atoms with Crippen LogP contribution in [-0.4, -0.2) is 21.0 Å². The number of carbonyl (C=O) groups is 2. The highest BCUT2D eigenvalue weighted by Gasteiger charge is 2.35. The molecule has 0 radical (unpaired) electrons. The zero-order chi connectivity index (χ0) is 18.0. The molecule has 1 heterocycles. The van der Waals surface area contributed by atoms with Gasteiger partial charge in [-0.1, -0.05) is 24.3 Å². The number of imide groups is 1. The van der Waals surface area contributed by atoms with E-state index in [4.69, 9.17) is 0 Å². The van der Waals surface area contributed by atoms with E-state index in [2.05, 4.69) is 22.6 Å². The molecule has 0 spiro atoms. The zero-order valence-electron chi connectivity index (χ0n) is 12.7. The number of nitrogens with zero attached hydrogens (tertiary/aromatic N) is 2. The highest BCUT2D eigenvalue weighted by atomic mass is 127. The monoisotopic (exact) mass is 466 g/mol. The van der Waals surface area contributed by atoms with Gasteiger partial charge in [-0.2, -0.15) is 0 Å². The Morgan fingerprint density at radius 2 is 1.72 bits per heavy atom. The van der Waals surface area contributed by atoms with E-state index in [1.54, 1.807) is 18.2 Å². The van der Waals surface area contributed by atoms with E-state index in [9.17, 15) is 19.7 Å². The molecule has 2 amide bonds. The summed E-state index contributed by atoms with van der Waals surface area (Å²) in [5, 5.41) is 10.3. The molecule has 2 aromatic rings. The Balaban J connectivity index is 1.77. The molecule has 1 aliphatic rings. The molecule has 2 aromatic carbocycles. The van der Waals surface area contributed by atoms with E-state index < -0.39 is 4.92 Å². The van der Waals surface area contributed by atoms with E-state index in [0.29, 0.717) is 10.5 Å². The van der Waals surface area contributed by atoms with Gasteiger partial charge >= 0.3 is 0 Å². The molecular formula is C17H11IN2O4S. The van der Waals surface area contributed by atoms with Crippen molar-refractivity contribution >= 4 is 57.3 Å². The SMILES string of the molecule is O=C1S/C(=C/c2ccc(I)cc2)C(=O)N1Cc1ccc([N+](=O)[O-])cc1. The Morgan fingerprint density at radius 3 is 2.32 bits per heavy atom. The first kappa shape index (κ1) is 17.6. The lowest BCUT2D eigenvalue weighted by molar-refractivity contribution is -0.384. The quantitative estimate of drug-likeness (QED) is 0.288. The molecule has 0 aliphatic carbocycles. The van der Waals surface area contributed by atoms with E-state index in [1.807, 2.05) is 24.3 Å². The molecule has 1 aliphatic heterocycles. The number of hydrogen-bond acceptors (Lipinski definition) is 5. The van der Waals surface area contributed by atoms with Crippen LogP contribution in [0.25, 0.3) is 6.08 Å². The number of carbonyl (C=O) groups excluding carboxylic acids is 2. The van der Waals surface area contributed by atoms with E-state index in [0.717, 1.165) is 25.8 Å². The Labute approximate surface area is 161 Å². The third-order valence-corrected chi connectivity index (χ3v) is 5.16. The van der Waals surface area contributed by atoms with Crippen LogP contribution in [0.3, 0.4) is 0 Å². The number of amides is 2. The molecule has 8 heteroatoms. The number of benzene rings is 2. The van der Waals surface area contributed by atoms with Crippen molar-refractivity contribution in [2.75, 3.05) is 0 Å². The van der Waals surface area contributed by atoms with Crippen molar-refractivity contribution < 1.29 is 14.5 Å². The Bertz CT molecular complexity index is 879. The third kappa shape index (κ3) is 4.07. The molecule has 0 aromatic heterocycles. The lowest BCUT2D eigenvalue weighted by Crippen LogP contribution is -2.27. The maximum absolute atomic E-state index is 12.5. The van der Waals surface area contributed by atoms with E-state index >= 15 is 0 Å². The van der Waals surface area contributed by atoms with Crippen LogP contribution in [0.1, 0.15) is 11.1 Å². The van der Waals surface area contributed by atoms with Gasteiger partial charge in [-0.05, 0) is 63.7 Å². The summed E-state index contributed by atoms with van der Waals surface area (Å²) in [6.07, 6.45) is 1.69. The van der Waals surface area contributed by atoms with Crippen LogP contribution in [-0.2, 0) is 11.3 Å². The first-order chi connectivity index (χ1) is 11.9. The number of halogens is 1. The summed E-state index contributed by atoms with van der Waals surface area (Å²) in [6.45, 7) is 0.0900. The summed E-state index contributed by atoms with van der Waals surface area (Å²) >= 11 is 3.09. The van der Waals surface area contributed by atoms with Crippen LogP contribution in [0, 0.1) is 13.7 Å². The average Bonchev–Trinajstić information content (AvgIpc) is 2.85. The molecule has 0 bridgehead atoms. The lowest BCUT2D eigenvalue weighted by Gasteiger charge is -2.12. The number of nitro benzene ring substituents is 1. The highest BCUT2D eigenvalue weighted by molar-refractivity contribution is 14.1. The van der Waals surface area contributed by atoms with Gasteiger partial charge in [-0.25, -0.2) is 0 Å². The summed E-state index contributed by atoms with van der Waals surface area (Å²) in [4.78, 5) is 36.3. The fraction of sp³-hybridized carbons (Fsp3) is 0.0588. The smallest absolute Gasteiger partial charge is 0.268 e. The van der Waals surface area contributed by atoms with Crippen LogP contribution in [0.15, 0.2) is 53.4 Å². The Kier molecular flexibility index (Phi) is 5.19. The van der Waals surface area contributed by atoms with Gasteiger partial charge in [0.05, 0.1) is 16.4 Å². The molecule has 3 rings (SSSR count). The molecule has 25 heavy (non-hydrogen) atoms. The van der Waals surface area contributed by atoms with Crippen molar-refractivity contribution in [1.29, 1.82) is 0 Å². The van der Waals surface area contributed by atoms with Crippen molar-refractivity contribution in [1.82, 2.24) is 4.90 Å². The van der Waals surface area contributed by atoms with Gasteiger partial charge in [0, 0.05) is 15.7 Å². The fourth-order valence-corrected chi connectivity index (χ4v) is 3.45. The van der Waals surface area contributed by atoms with Gasteiger partial charge < -0.3 is 0 Å². The number of hydrogen-bond donors (Lipinski definition) is 0. The molecule has 0 atom stereocenters. The van der Waals surface area contributed by atoms with Crippen LogP contribution >= 0.6 is 34.4 Å². The summed E-state index contributed by atoms with van der Waals surface area (Å²) in [6, 6.07) is 13.4. The summed E-state index contributed by atoms with van der Waals surface area (Å²) in [5.41, 5.74) is 1.47. The van der Waals surface area contributed by atoms with Gasteiger partial charge in [0.25, 0.3) is 16.8 Å². The summed E-state index contributed by atoms with van der Waals surface area (Å²) < 4.78 is 1.08. The lowest BCUT2D eigenvalue weighted by atomic mass is 10.2. The zero-order valence-corrected chi connectivity index (χ0v) is 15.7. The number of nitro groups is 1. The second-order valence-corrected chi connectivity index (χ2v) is 7.48. The van der Waals surface area contributed by atoms with Crippen molar-refractivity contribution in [2.45, 2.75) is 6.54 Å². The van der Waals surface area contributed by atoms with Crippen LogP contribution in [0.2, 0.25) is 0 Å². The predicted octanol–water partition coefficient (Wildman–Crippen LogP) is 4.44. The molecule has 0 N–H and O–H groups in total. The molecule has 126 valence electrons. The first-order valence-corrected chi connectivity index (χ1v) is 9.08. The van der Waals surface area contributed by atoms with Crippen molar-refractivity contribution in [3.05, 3.63) is 78.2 Å². The number of rotatable bonds is 4. The predicted molar refractivity (Wildman–Crippen MR) is 104 cm³/mol. The van der Waals surface area contributed by atoms with Gasteiger partial charge in [-0.3, -0.25) is 24.6 Å². The van der Waals surface area contributed by atoms with Gasteiger partial charge in [-0.15, -0.1) is 0 Å². The van der Waals surface area contributed by atoms with Crippen LogP contribution in [0.5, 0.6) is 0 Å². The van der Waals surface area contributed by atoms with Crippen molar-refractivity contribution in [3.63, 3.8) is 0 Å². The van der Waals surface area contributed by atoms with Gasteiger partial charge in [0.15, 0.2) is 0 Å². The molecule has 0 unspecified atom stereocenters.